The number of carbonyl (C=O) groups is 1. The van der Waals surface area contributed by atoms with Gasteiger partial charge in [0, 0.05) is 16.3 Å². The SMILES string of the molecule is O=C(NS(=O)(=O)c1ccc2c(c1)OCO2)c1csc2c1CCCC2. The van der Waals surface area contributed by atoms with Crippen molar-refractivity contribution in [3.05, 3.63) is 39.6 Å². The van der Waals surface area contributed by atoms with Gasteiger partial charge in [0.15, 0.2) is 11.5 Å². The van der Waals surface area contributed by atoms with E-state index in [-0.39, 0.29) is 11.7 Å². The minimum absolute atomic E-state index is 0.0239. The third-order valence-electron chi connectivity index (χ3n) is 4.19. The predicted molar refractivity (Wildman–Crippen MR) is 88.2 cm³/mol. The fourth-order valence-electron chi connectivity index (χ4n) is 2.96. The van der Waals surface area contributed by atoms with Gasteiger partial charge >= 0.3 is 0 Å². The molecule has 6 nitrogen and oxygen atoms in total. The molecule has 0 saturated carbocycles. The Balaban J connectivity index is 1.60. The number of hydrogen-bond donors (Lipinski definition) is 1. The Labute approximate surface area is 143 Å². The van der Waals surface area contributed by atoms with E-state index in [2.05, 4.69) is 4.72 Å². The van der Waals surface area contributed by atoms with E-state index in [9.17, 15) is 13.2 Å². The summed E-state index contributed by atoms with van der Waals surface area (Å²) < 4.78 is 37.5. The Morgan fingerprint density at radius 3 is 2.79 bits per heavy atom. The number of sulfonamides is 1. The van der Waals surface area contributed by atoms with Gasteiger partial charge in [0.05, 0.1) is 10.5 Å². The third-order valence-corrected chi connectivity index (χ3v) is 6.60. The molecule has 2 aromatic rings. The van der Waals surface area contributed by atoms with Gasteiger partial charge in [-0.15, -0.1) is 11.3 Å². The third kappa shape index (κ3) is 2.65. The number of benzene rings is 1. The molecule has 0 fully saturated rings. The molecular weight excluding hydrogens is 350 g/mol. The van der Waals surface area contributed by atoms with E-state index in [0.717, 1.165) is 31.2 Å². The van der Waals surface area contributed by atoms with Crippen molar-refractivity contribution in [2.45, 2.75) is 30.6 Å². The number of ether oxygens (including phenoxy) is 2. The van der Waals surface area contributed by atoms with Gasteiger partial charge in [0.25, 0.3) is 15.9 Å². The number of fused-ring (bicyclic) bond motifs is 2. The molecule has 1 N–H and O–H groups in total. The van der Waals surface area contributed by atoms with E-state index >= 15 is 0 Å². The molecule has 0 saturated heterocycles. The molecule has 4 rings (SSSR count). The summed E-state index contributed by atoms with van der Waals surface area (Å²) >= 11 is 1.53. The Bertz CT molecular complexity index is 917. The number of hydrogen-bond acceptors (Lipinski definition) is 6. The highest BCUT2D eigenvalue weighted by atomic mass is 32.2. The zero-order valence-corrected chi connectivity index (χ0v) is 14.3. The van der Waals surface area contributed by atoms with Crippen LogP contribution in [0.5, 0.6) is 11.5 Å². The van der Waals surface area contributed by atoms with Gasteiger partial charge in [-0.1, -0.05) is 0 Å². The highest BCUT2D eigenvalue weighted by Crippen LogP contribution is 2.34. The molecule has 0 bridgehead atoms. The van der Waals surface area contributed by atoms with Crippen LogP contribution in [0.4, 0.5) is 0 Å². The molecule has 0 radical (unpaired) electrons. The second kappa shape index (κ2) is 5.78. The first-order valence-electron chi connectivity index (χ1n) is 7.60. The normalized spacial score (nSPS) is 15.8. The molecule has 1 aliphatic carbocycles. The van der Waals surface area contributed by atoms with Crippen LogP contribution < -0.4 is 14.2 Å². The molecule has 2 aliphatic rings. The second-order valence-corrected chi connectivity index (χ2v) is 8.35. The number of nitrogens with one attached hydrogen (secondary N) is 1. The highest BCUT2D eigenvalue weighted by molar-refractivity contribution is 7.90. The number of aryl methyl sites for hydroxylation is 1. The van der Waals surface area contributed by atoms with Crippen molar-refractivity contribution < 1.29 is 22.7 Å². The molecule has 24 heavy (non-hydrogen) atoms. The summed E-state index contributed by atoms with van der Waals surface area (Å²) in [6.07, 6.45) is 3.93. The minimum Gasteiger partial charge on any atom is -0.454 e. The molecule has 1 aromatic carbocycles. The van der Waals surface area contributed by atoms with Crippen molar-refractivity contribution in [1.82, 2.24) is 4.72 Å². The van der Waals surface area contributed by atoms with Crippen molar-refractivity contribution >= 4 is 27.3 Å². The molecule has 1 amide bonds. The maximum atomic E-state index is 12.5. The van der Waals surface area contributed by atoms with Gasteiger partial charge in [-0.25, -0.2) is 13.1 Å². The summed E-state index contributed by atoms with van der Waals surface area (Å²) in [4.78, 5) is 13.6. The summed E-state index contributed by atoms with van der Waals surface area (Å²) in [6.45, 7) is 0.0617. The summed E-state index contributed by atoms with van der Waals surface area (Å²) in [7, 11) is -3.96. The predicted octanol–water partition coefficient (Wildman–Crippen LogP) is 2.47. The van der Waals surface area contributed by atoms with Gasteiger partial charge in [0.1, 0.15) is 0 Å². The average molecular weight is 365 g/mol. The van der Waals surface area contributed by atoms with Crippen molar-refractivity contribution in [3.63, 3.8) is 0 Å². The summed E-state index contributed by atoms with van der Waals surface area (Å²) in [6, 6.07) is 4.28. The lowest BCUT2D eigenvalue weighted by Gasteiger charge is -2.13. The number of thiophene rings is 1. The highest BCUT2D eigenvalue weighted by Gasteiger charge is 2.26. The zero-order valence-electron chi connectivity index (χ0n) is 12.7. The molecule has 0 unspecified atom stereocenters. The molecule has 126 valence electrons. The lowest BCUT2D eigenvalue weighted by molar-refractivity contribution is 0.0980. The first kappa shape index (κ1) is 15.5. The standard InChI is InChI=1S/C16H15NO5S2/c18-16(12-8-23-15-4-2-1-3-11(12)15)17-24(19,20)10-5-6-13-14(7-10)22-9-21-13/h5-8H,1-4,9H2,(H,17,18). The Hall–Kier alpha value is -2.06. The van der Waals surface area contributed by atoms with E-state index in [0.29, 0.717) is 17.1 Å². The van der Waals surface area contributed by atoms with Gasteiger partial charge in [-0.3, -0.25) is 4.79 Å². The molecule has 8 heteroatoms. The number of carbonyl (C=O) groups excluding carboxylic acids is 1. The van der Waals surface area contributed by atoms with E-state index in [4.69, 9.17) is 9.47 Å². The summed E-state index contributed by atoms with van der Waals surface area (Å²) in [5.41, 5.74) is 1.46. The Kier molecular flexibility index (Phi) is 3.73. The first-order chi connectivity index (χ1) is 11.5. The van der Waals surface area contributed by atoms with Crippen LogP contribution in [0.3, 0.4) is 0 Å². The summed E-state index contributed by atoms with van der Waals surface area (Å²) in [5, 5.41) is 1.75. The van der Waals surface area contributed by atoms with Crippen LogP contribution >= 0.6 is 11.3 Å². The monoisotopic (exact) mass is 365 g/mol. The Morgan fingerprint density at radius 2 is 1.92 bits per heavy atom. The van der Waals surface area contributed by atoms with Crippen LogP contribution in [0.15, 0.2) is 28.5 Å². The minimum atomic E-state index is -3.96. The van der Waals surface area contributed by atoms with Crippen molar-refractivity contribution in [2.75, 3.05) is 6.79 Å². The van der Waals surface area contributed by atoms with E-state index in [1.807, 2.05) is 0 Å². The smallest absolute Gasteiger partial charge is 0.266 e. The van der Waals surface area contributed by atoms with Gasteiger partial charge in [-0.05, 0) is 43.4 Å². The lowest BCUT2D eigenvalue weighted by Crippen LogP contribution is -2.31. The van der Waals surface area contributed by atoms with Crippen molar-refractivity contribution in [1.29, 1.82) is 0 Å². The van der Waals surface area contributed by atoms with Crippen molar-refractivity contribution in [3.8, 4) is 11.5 Å². The van der Waals surface area contributed by atoms with Crippen LogP contribution in [-0.4, -0.2) is 21.1 Å². The fourth-order valence-corrected chi connectivity index (χ4v) is 5.07. The van der Waals surface area contributed by atoms with Crippen LogP contribution in [-0.2, 0) is 22.9 Å². The molecule has 1 aromatic heterocycles. The number of amides is 1. The topological polar surface area (TPSA) is 81.7 Å². The number of rotatable bonds is 3. The maximum absolute atomic E-state index is 12.5. The van der Waals surface area contributed by atoms with Crippen LogP contribution in [0.25, 0.3) is 0 Å². The maximum Gasteiger partial charge on any atom is 0.266 e. The van der Waals surface area contributed by atoms with Crippen molar-refractivity contribution in [2.24, 2.45) is 0 Å². The van der Waals surface area contributed by atoms with Crippen LogP contribution in [0, 0.1) is 0 Å². The molecule has 2 heterocycles. The second-order valence-electron chi connectivity index (χ2n) is 5.71. The molecule has 0 atom stereocenters. The first-order valence-corrected chi connectivity index (χ1v) is 9.97. The van der Waals surface area contributed by atoms with E-state index in [1.54, 1.807) is 5.38 Å². The summed E-state index contributed by atoms with van der Waals surface area (Å²) in [5.74, 6) is 0.275. The van der Waals surface area contributed by atoms with Crippen LogP contribution in [0.1, 0.15) is 33.6 Å². The van der Waals surface area contributed by atoms with Gasteiger partial charge < -0.3 is 9.47 Å². The van der Waals surface area contributed by atoms with E-state index in [1.165, 1.54) is 34.4 Å². The zero-order chi connectivity index (χ0) is 16.7. The molecular formula is C16H15NO5S2. The fraction of sp³-hybridized carbons (Fsp3) is 0.312. The van der Waals surface area contributed by atoms with Gasteiger partial charge in [-0.2, -0.15) is 0 Å². The van der Waals surface area contributed by atoms with E-state index < -0.39 is 15.9 Å². The van der Waals surface area contributed by atoms with Crippen LogP contribution in [0.2, 0.25) is 0 Å². The lowest BCUT2D eigenvalue weighted by atomic mass is 9.96. The largest absolute Gasteiger partial charge is 0.454 e. The Morgan fingerprint density at radius 1 is 1.12 bits per heavy atom. The quantitative estimate of drug-likeness (QED) is 0.904. The van der Waals surface area contributed by atoms with Gasteiger partial charge in [0.2, 0.25) is 6.79 Å². The molecule has 1 aliphatic heterocycles. The average Bonchev–Trinajstić information content (AvgIpc) is 3.20. The molecule has 0 spiro atoms.